The van der Waals surface area contributed by atoms with Crippen LogP contribution in [0.3, 0.4) is 0 Å². The molecule has 0 unspecified atom stereocenters. The van der Waals surface area contributed by atoms with Crippen LogP contribution in [0.4, 0.5) is 0 Å². The van der Waals surface area contributed by atoms with Crippen LogP contribution in [0.5, 0.6) is 0 Å². The number of carbonyl (C=O) groups is 16. The summed E-state index contributed by atoms with van der Waals surface area (Å²) in [6.07, 6.45) is 0.912. The van der Waals surface area contributed by atoms with E-state index in [1.165, 1.54) is 0 Å². The van der Waals surface area contributed by atoms with Gasteiger partial charge >= 0.3 is 0 Å². The Morgan fingerprint density at radius 1 is 0.283 bits per heavy atom. The molecule has 1 fully saturated rings. The van der Waals surface area contributed by atoms with Gasteiger partial charge in [0.15, 0.2) is 17.9 Å². The molecule has 0 bridgehead atoms. The SMILES string of the molecule is CC[C@H](C)[C@@H]1NC(=O)CNC(=O)[C@H](CCCN=C(N)N)NC(=O)CNC(=O)[C@H](CS)NC(=O)[C@H]([C@@H](C)CC)NC(=O)[C@H](CS)NC(=O)[C@H](CCCN=C(N)N)NC(=O)[C@H](CS)NC(=O)[C@H]([C@@H](C)CC)NC(=O)CNC(=O)[C@H](CS)NC(=O)[C@H]([C@@H](C)CC)NC(=O)[C@H](CS)NC(=O)[C@H](CCCN=C(N)N)NC(=O)[C@H](CS)NC1=O. The molecule has 0 aromatic heterocycles. The number of nitrogens with one attached hydrogen (secondary N) is 16. The molecule has 41 nitrogen and oxygen atoms in total. The van der Waals surface area contributed by atoms with Gasteiger partial charge in [0.25, 0.3) is 0 Å². The molecule has 0 aliphatic carbocycles. The second-order valence-electron chi connectivity index (χ2n) is 26.8. The first-order valence-electron chi connectivity index (χ1n) is 36.9. The average molecular weight is 1710 g/mol. The van der Waals surface area contributed by atoms with Crippen molar-refractivity contribution in [2.45, 2.75) is 198 Å². The van der Waals surface area contributed by atoms with Gasteiger partial charge in [0.1, 0.15) is 78.5 Å². The van der Waals surface area contributed by atoms with E-state index in [9.17, 15) is 76.7 Å². The Morgan fingerprint density at radius 3 is 0.708 bits per heavy atom. The highest BCUT2D eigenvalue weighted by molar-refractivity contribution is 7.81. The summed E-state index contributed by atoms with van der Waals surface area (Å²) in [5.41, 5.74) is 33.1. The first kappa shape index (κ1) is 102. The zero-order valence-electron chi connectivity index (χ0n) is 64.9. The highest BCUT2D eigenvalue weighted by atomic mass is 32.1. The highest BCUT2D eigenvalue weighted by Gasteiger charge is 2.39. The topological polar surface area (TPSA) is 659 Å². The molecule has 1 saturated heterocycles. The molecule has 1 aliphatic rings. The van der Waals surface area contributed by atoms with E-state index in [1.807, 2.05) is 0 Å². The summed E-state index contributed by atoms with van der Waals surface area (Å²) in [7, 11) is 0. The fraction of sp³-hybridized carbons (Fsp3) is 0.712. The van der Waals surface area contributed by atoms with Crippen molar-refractivity contribution >= 4 is 188 Å². The van der Waals surface area contributed by atoms with Crippen LogP contribution in [0.25, 0.3) is 0 Å². The number of carbonyl (C=O) groups excluding carboxylic acids is 16. The van der Waals surface area contributed by atoms with Crippen molar-refractivity contribution in [2.75, 3.05) is 73.8 Å². The van der Waals surface area contributed by atoms with Crippen molar-refractivity contribution in [3.05, 3.63) is 0 Å². The molecule has 17 atom stereocenters. The number of nitrogens with zero attached hydrogens (tertiary/aromatic N) is 3. The van der Waals surface area contributed by atoms with Crippen molar-refractivity contribution < 1.29 is 76.7 Å². The molecule has 0 saturated carbocycles. The predicted octanol–water partition coefficient (Wildman–Crippen LogP) is -8.42. The molecule has 1 rings (SSSR count). The van der Waals surface area contributed by atoms with Crippen molar-refractivity contribution in [1.29, 1.82) is 0 Å². The third-order valence-corrected chi connectivity index (χ3v) is 20.3. The van der Waals surface area contributed by atoms with E-state index in [4.69, 9.17) is 34.4 Å². The van der Waals surface area contributed by atoms with Gasteiger partial charge in [0.2, 0.25) is 94.5 Å². The molecular formula is C66H119N25O16S6. The number of thiol groups is 6. The number of aliphatic imine (C=N–C) groups is 3. The summed E-state index contributed by atoms with van der Waals surface area (Å²) >= 11 is 25.7. The Balaban J connectivity index is 4.05. The van der Waals surface area contributed by atoms with Crippen LogP contribution in [0.1, 0.15) is 120 Å². The minimum absolute atomic E-state index is 0.0123. The number of rotatable bonds is 26. The second-order valence-corrected chi connectivity index (χ2v) is 29.0. The largest absolute Gasteiger partial charge is 0.370 e. The summed E-state index contributed by atoms with van der Waals surface area (Å²) in [4.78, 5) is 236. The van der Waals surface area contributed by atoms with Crippen molar-refractivity contribution in [1.82, 2.24) is 85.1 Å². The third-order valence-electron chi connectivity index (χ3n) is 18.1. The van der Waals surface area contributed by atoms with E-state index in [0.29, 0.717) is 6.42 Å². The number of hydrogen-bond acceptors (Lipinski definition) is 25. The van der Waals surface area contributed by atoms with Gasteiger partial charge in [0.05, 0.1) is 19.6 Å². The van der Waals surface area contributed by atoms with Gasteiger partial charge < -0.3 is 119 Å². The van der Waals surface area contributed by atoms with E-state index >= 15 is 0 Å². The zero-order chi connectivity index (χ0) is 85.8. The van der Waals surface area contributed by atoms with E-state index in [0.717, 1.165) is 0 Å². The molecule has 28 N–H and O–H groups in total. The molecule has 16 amide bonds. The van der Waals surface area contributed by atoms with Crippen molar-refractivity contribution in [3.63, 3.8) is 0 Å². The Kier molecular flexibility index (Phi) is 49.9. The fourth-order valence-corrected chi connectivity index (χ4v) is 12.0. The molecule has 113 heavy (non-hydrogen) atoms. The summed E-state index contributed by atoms with van der Waals surface area (Å²) < 4.78 is 0. The van der Waals surface area contributed by atoms with Crippen molar-refractivity contribution in [2.24, 2.45) is 73.1 Å². The van der Waals surface area contributed by atoms with Gasteiger partial charge in [-0.15, -0.1) is 0 Å². The normalized spacial score (nSPS) is 25.8. The number of amides is 16. The molecule has 0 spiro atoms. The van der Waals surface area contributed by atoms with Crippen LogP contribution in [0, 0.1) is 23.7 Å². The van der Waals surface area contributed by atoms with Gasteiger partial charge in [-0.3, -0.25) is 91.7 Å². The van der Waals surface area contributed by atoms with E-state index in [2.05, 4.69) is 176 Å². The Bertz CT molecular complexity index is 3300. The van der Waals surface area contributed by atoms with Gasteiger partial charge in [-0.2, -0.15) is 75.8 Å². The van der Waals surface area contributed by atoms with Gasteiger partial charge in [-0.1, -0.05) is 81.1 Å². The lowest BCUT2D eigenvalue weighted by Crippen LogP contribution is -2.62. The first-order valence-corrected chi connectivity index (χ1v) is 40.7. The molecule has 1 heterocycles. The van der Waals surface area contributed by atoms with Crippen LogP contribution < -0.4 is 119 Å². The molecule has 0 aromatic rings. The third kappa shape index (κ3) is 38.0. The number of hydrogen-bond donors (Lipinski definition) is 28. The second kappa shape index (κ2) is 55.0. The van der Waals surface area contributed by atoms with Gasteiger partial charge in [-0.25, -0.2) is 0 Å². The molecule has 47 heteroatoms. The summed E-state index contributed by atoms with van der Waals surface area (Å²) in [6.45, 7) is 10.9. The summed E-state index contributed by atoms with van der Waals surface area (Å²) in [6, 6.07) is -18.7. The highest BCUT2D eigenvalue weighted by Crippen LogP contribution is 2.15. The van der Waals surface area contributed by atoms with Crippen LogP contribution in [0.2, 0.25) is 0 Å². The monoisotopic (exact) mass is 1710 g/mol. The van der Waals surface area contributed by atoms with E-state index in [1.54, 1.807) is 55.4 Å². The smallest absolute Gasteiger partial charge is 0.244 e. The molecular weight excluding hydrogens is 1590 g/mol. The minimum atomic E-state index is -1.50. The summed E-state index contributed by atoms with van der Waals surface area (Å²) in [5.74, 6) is -20.2. The molecule has 640 valence electrons. The zero-order valence-corrected chi connectivity index (χ0v) is 70.3. The Morgan fingerprint density at radius 2 is 0.469 bits per heavy atom. The van der Waals surface area contributed by atoms with Crippen LogP contribution in [0.15, 0.2) is 15.0 Å². The molecule has 0 aromatic carbocycles. The minimum Gasteiger partial charge on any atom is -0.370 e. The van der Waals surface area contributed by atoms with Crippen LogP contribution >= 0.6 is 75.8 Å². The summed E-state index contributed by atoms with van der Waals surface area (Å²) in [5, 5.41) is 40.3. The molecule has 0 radical (unpaired) electrons. The number of guanidine groups is 3. The fourth-order valence-electron chi connectivity index (χ4n) is 10.5. The maximum atomic E-state index is 14.3. The van der Waals surface area contributed by atoms with E-state index in [-0.39, 0.29) is 130 Å². The standard InChI is InChI=1S/C66H119N25O16S6/c1-9-31(5)47-60(104)86-40(27-110)56(100)80-36(17-14-20-74-65(69)70)54(98)83-43(30-113)59(103)91-50(34(8)12-4)63(107)85-39(26-109)53(97)78-24-46(94)89-48(32(6)10-2)61(105)87-41(28-111)57(101)81-37(18-15-21-75-66(71)72)55(99)82-42(29-112)58(102)90-49(33(7)11-3)62(106)84-38(25-108)52(96)77-22-44(92)79-35(16-13-19-73-64(67)68)51(95)76-23-45(93)88-47/h31-43,47-50,108-113H,9-30H2,1-8H3,(H,76,95)(H,77,96)(H,78,97)(H,79,92)(H,80,100)(H,81,101)(H,82,99)(H,83,98)(H,84,106)(H,85,107)(H,86,104)(H,87,105)(H,88,93)(H,89,94)(H,90,102)(H,91,103)(H4,67,68,73)(H4,69,70,74)(H4,71,72,75)/t31-,32-,33-,34-,35-,36-,37-,38-,39-,40-,41-,42-,43-,47-,48-,49-,50-/m0/s1. The van der Waals surface area contributed by atoms with Gasteiger partial charge in [-0.05, 0) is 62.2 Å². The maximum Gasteiger partial charge on any atom is 0.244 e. The van der Waals surface area contributed by atoms with Crippen LogP contribution in [-0.2, 0) is 76.7 Å². The number of nitrogens with two attached hydrogens (primary N) is 6. The lowest BCUT2D eigenvalue weighted by Gasteiger charge is -2.29. The van der Waals surface area contributed by atoms with Crippen LogP contribution in [-0.4, -0.2) is 265 Å². The predicted molar refractivity (Wildman–Crippen MR) is 445 cm³/mol. The maximum absolute atomic E-state index is 14.3. The Hall–Kier alpha value is -8.57. The van der Waals surface area contributed by atoms with E-state index < -0.39 is 216 Å². The lowest BCUT2D eigenvalue weighted by atomic mass is 9.97. The Labute approximate surface area is 690 Å². The quantitative estimate of drug-likeness (QED) is 0.0165. The molecule has 1 aliphatic heterocycles. The first-order chi connectivity index (χ1) is 53.3. The lowest BCUT2D eigenvalue weighted by molar-refractivity contribution is -0.136. The van der Waals surface area contributed by atoms with Crippen molar-refractivity contribution in [3.8, 4) is 0 Å². The average Bonchev–Trinajstić information content (AvgIpc) is 0.859. The van der Waals surface area contributed by atoms with Gasteiger partial charge in [0, 0.05) is 54.2 Å².